The number of para-hydroxylation sites is 2. The van der Waals surface area contributed by atoms with Crippen molar-refractivity contribution >= 4 is 52.6 Å². The van der Waals surface area contributed by atoms with Gasteiger partial charge in [0, 0.05) is 50.3 Å². The predicted molar refractivity (Wildman–Crippen MR) is 267 cm³/mol. The summed E-state index contributed by atoms with van der Waals surface area (Å²) in [5.74, 6) is 4.25. The van der Waals surface area contributed by atoms with E-state index < -0.39 is 0 Å². The minimum Gasteiger partial charge on any atom is -0.457 e. The number of amidine groups is 1. The van der Waals surface area contributed by atoms with Gasteiger partial charge in [-0.05, 0) is 111 Å². The number of carbonyl (C=O) groups excluding carboxylic acids is 3. The normalized spacial score (nSPS) is 17.4. The van der Waals surface area contributed by atoms with E-state index in [1.54, 1.807) is 16.1 Å². The average molecular weight is 935 g/mol. The number of carbonyl (C=O) groups is 3. The maximum atomic E-state index is 12.3. The number of ether oxygens (including phenoxy) is 2. The highest BCUT2D eigenvalue weighted by Crippen LogP contribution is 2.40. The molecular formula is C53H50N12O5. The molecule has 0 bridgehead atoms. The molecule has 2 N–H and O–H groups in total. The summed E-state index contributed by atoms with van der Waals surface area (Å²) in [6.07, 6.45) is 9.73. The van der Waals surface area contributed by atoms with E-state index in [2.05, 4.69) is 28.1 Å². The Balaban J connectivity index is 0.000000163. The van der Waals surface area contributed by atoms with Gasteiger partial charge in [0.05, 0.1) is 29.4 Å². The number of nitrogens with two attached hydrogens (primary N) is 1. The Morgan fingerprint density at radius 1 is 0.657 bits per heavy atom. The van der Waals surface area contributed by atoms with E-state index in [9.17, 15) is 14.4 Å². The Bertz CT molecular complexity index is 3150. The van der Waals surface area contributed by atoms with Gasteiger partial charge >= 0.3 is 0 Å². The van der Waals surface area contributed by atoms with E-state index in [0.717, 1.165) is 59.6 Å². The lowest BCUT2D eigenvalue weighted by Gasteiger charge is -2.33. The van der Waals surface area contributed by atoms with Crippen molar-refractivity contribution in [3.8, 4) is 45.5 Å². The van der Waals surface area contributed by atoms with E-state index >= 15 is 0 Å². The molecule has 0 saturated carbocycles. The van der Waals surface area contributed by atoms with Crippen LogP contribution in [-0.2, 0) is 14.4 Å². The molecule has 7 heterocycles. The van der Waals surface area contributed by atoms with Gasteiger partial charge in [0.2, 0.25) is 17.7 Å². The smallest absolute Gasteiger partial charge is 0.249 e. The van der Waals surface area contributed by atoms with Crippen LogP contribution in [0.2, 0.25) is 0 Å². The van der Waals surface area contributed by atoms with E-state index in [1.807, 2.05) is 123 Å². The first-order valence-electron chi connectivity index (χ1n) is 23.3. The first-order valence-corrected chi connectivity index (χ1v) is 23.3. The molecule has 4 aliphatic rings. The molecule has 2 fully saturated rings. The lowest BCUT2D eigenvalue weighted by Crippen LogP contribution is -2.40. The standard InChI is InChI=1S/C28H26N6O3.C25H24N6O2/c1-2-24(36)32-15-6-7-20(17-32)34-27-25(28-30-23(35)14-16-33(28)18-29-27)26(31-34)19-10-12-22(13-11-19)37-21-8-4-3-5-9-21;1-2-21(32)30-14-6-7-18(15-30)31-25-22(24(26)27-16-28-25)23(29-31)17-10-12-20(13-11-17)33-19-8-4-3-5-9-19/h2-5,8-13,18,20H,1,6-7,14-17H2;2-5,8-13,16,18H,1,6-7,14-15H2,(H2,26,27,28)/t20-;18-/m11/s1. The fraction of sp³-hybridized carbons (Fsp3) is 0.226. The lowest BCUT2D eigenvalue weighted by atomic mass is 10.0. The number of benzene rings is 4. The molecule has 11 rings (SSSR count). The molecule has 17 heteroatoms. The highest BCUT2D eigenvalue weighted by molar-refractivity contribution is 6.18. The van der Waals surface area contributed by atoms with Crippen molar-refractivity contribution < 1.29 is 23.9 Å². The second-order valence-electron chi connectivity index (χ2n) is 17.2. The number of aliphatic imine (C=N–C) groups is 2. The van der Waals surface area contributed by atoms with Gasteiger partial charge in [-0.3, -0.25) is 14.4 Å². The van der Waals surface area contributed by atoms with Crippen LogP contribution in [0.1, 0.15) is 49.8 Å². The predicted octanol–water partition coefficient (Wildman–Crippen LogP) is 8.56. The molecule has 70 heavy (non-hydrogen) atoms. The molecule has 4 aliphatic heterocycles. The van der Waals surface area contributed by atoms with Crippen LogP contribution in [0.3, 0.4) is 0 Å². The molecule has 3 aromatic heterocycles. The summed E-state index contributed by atoms with van der Waals surface area (Å²) in [4.78, 5) is 60.1. The number of piperidine rings is 2. The number of hydrogen-bond donors (Lipinski definition) is 1. The molecule has 2 saturated heterocycles. The third-order valence-electron chi connectivity index (χ3n) is 12.7. The summed E-state index contributed by atoms with van der Waals surface area (Å²) in [7, 11) is 0. The Morgan fingerprint density at radius 3 is 1.76 bits per heavy atom. The Labute approximate surface area is 403 Å². The summed E-state index contributed by atoms with van der Waals surface area (Å²) in [6.45, 7) is 10.3. The molecule has 2 atom stereocenters. The Morgan fingerprint density at radius 2 is 1.19 bits per heavy atom. The highest BCUT2D eigenvalue weighted by Gasteiger charge is 2.36. The molecule has 0 aliphatic carbocycles. The number of anilines is 1. The first kappa shape index (κ1) is 45.1. The van der Waals surface area contributed by atoms with Crippen molar-refractivity contribution in [3.63, 3.8) is 0 Å². The second-order valence-corrected chi connectivity index (χ2v) is 17.2. The fourth-order valence-corrected chi connectivity index (χ4v) is 9.24. The van der Waals surface area contributed by atoms with Crippen LogP contribution < -0.4 is 15.2 Å². The number of nitrogen functional groups attached to an aromatic ring is 1. The van der Waals surface area contributed by atoms with Crippen LogP contribution in [0, 0.1) is 0 Å². The first-order chi connectivity index (χ1) is 34.2. The summed E-state index contributed by atoms with van der Waals surface area (Å²) < 4.78 is 15.6. The summed E-state index contributed by atoms with van der Waals surface area (Å²) in [5.41, 5.74) is 10.8. The Kier molecular flexibility index (Phi) is 12.8. The van der Waals surface area contributed by atoms with E-state index in [4.69, 9.17) is 30.4 Å². The van der Waals surface area contributed by atoms with E-state index in [0.29, 0.717) is 84.8 Å². The number of aromatic nitrogens is 6. The fourth-order valence-electron chi connectivity index (χ4n) is 9.24. The van der Waals surface area contributed by atoms with Crippen molar-refractivity contribution in [2.24, 2.45) is 9.98 Å². The molecule has 17 nitrogen and oxygen atoms in total. The molecule has 0 spiro atoms. The molecule has 352 valence electrons. The maximum absolute atomic E-state index is 12.3. The molecule has 0 unspecified atom stereocenters. The number of likely N-dealkylation sites (tertiary alicyclic amines) is 2. The monoisotopic (exact) mass is 934 g/mol. The molecule has 3 amide bonds. The van der Waals surface area contributed by atoms with Crippen LogP contribution in [0.25, 0.3) is 33.5 Å². The van der Waals surface area contributed by atoms with Crippen molar-refractivity contribution in [3.05, 3.63) is 146 Å². The van der Waals surface area contributed by atoms with Crippen molar-refractivity contribution in [1.29, 1.82) is 0 Å². The zero-order chi connectivity index (χ0) is 48.1. The topological polar surface area (TPSA) is 192 Å². The zero-order valence-corrected chi connectivity index (χ0v) is 38.4. The number of nitrogens with zero attached hydrogens (tertiary/aromatic N) is 11. The van der Waals surface area contributed by atoms with Gasteiger partial charge in [-0.25, -0.2) is 24.3 Å². The van der Waals surface area contributed by atoms with Crippen molar-refractivity contribution in [1.82, 2.24) is 44.2 Å². The van der Waals surface area contributed by atoms with Crippen LogP contribution >= 0.6 is 0 Å². The maximum Gasteiger partial charge on any atom is 0.249 e. The minimum absolute atomic E-state index is 0.00566. The highest BCUT2D eigenvalue weighted by atomic mass is 16.5. The number of hydrogen-bond acceptors (Lipinski definition) is 12. The molecule has 0 radical (unpaired) electrons. The molecular weight excluding hydrogens is 885 g/mol. The average Bonchev–Trinajstić information content (AvgIpc) is 4.00. The molecule has 4 aromatic carbocycles. The van der Waals surface area contributed by atoms with E-state index in [-0.39, 0.29) is 29.8 Å². The van der Waals surface area contributed by atoms with Gasteiger partial charge in [-0.2, -0.15) is 15.2 Å². The van der Waals surface area contributed by atoms with Gasteiger partial charge in [-0.15, -0.1) is 0 Å². The third kappa shape index (κ3) is 9.28. The molecule has 7 aromatic rings. The largest absolute Gasteiger partial charge is 0.457 e. The van der Waals surface area contributed by atoms with Crippen LogP contribution in [0.4, 0.5) is 11.6 Å². The number of fused-ring (bicyclic) bond motifs is 4. The van der Waals surface area contributed by atoms with Crippen molar-refractivity contribution in [2.45, 2.75) is 44.2 Å². The lowest BCUT2D eigenvalue weighted by molar-refractivity contribution is -0.128. The van der Waals surface area contributed by atoms with Gasteiger partial charge in [-0.1, -0.05) is 49.6 Å². The quantitative estimate of drug-likeness (QED) is 0.129. The van der Waals surface area contributed by atoms with Gasteiger partial charge in [0.15, 0.2) is 17.3 Å². The summed E-state index contributed by atoms with van der Waals surface area (Å²) in [6, 6.07) is 34.6. The van der Waals surface area contributed by atoms with Crippen molar-refractivity contribution in [2.75, 3.05) is 38.5 Å². The van der Waals surface area contributed by atoms with Crippen LogP contribution in [-0.4, -0.2) is 107 Å². The van der Waals surface area contributed by atoms with Gasteiger partial charge < -0.3 is 29.9 Å². The zero-order valence-electron chi connectivity index (χ0n) is 38.4. The van der Waals surface area contributed by atoms with Gasteiger partial charge in [0.1, 0.15) is 46.5 Å². The summed E-state index contributed by atoms with van der Waals surface area (Å²) >= 11 is 0. The third-order valence-corrected chi connectivity index (χ3v) is 12.7. The van der Waals surface area contributed by atoms with Crippen LogP contribution in [0.15, 0.2) is 151 Å². The summed E-state index contributed by atoms with van der Waals surface area (Å²) in [5, 5.41) is 10.6. The SMILES string of the molecule is C=CC(=O)N1CCC[C@@H](n2nc(-c3ccc(Oc4ccccc4)cc3)c3c(N)ncnc32)C1.C=CC(=O)N1CCC[C@@H](n2nc(-c3ccc(Oc4ccccc4)cc3)c3c2N=CN2CCC(=O)N=C32)C1. The minimum atomic E-state index is -0.154. The van der Waals surface area contributed by atoms with Gasteiger partial charge in [0.25, 0.3) is 0 Å². The van der Waals surface area contributed by atoms with E-state index in [1.165, 1.54) is 18.5 Å². The number of amides is 3. The second kappa shape index (κ2) is 19.9. The van der Waals surface area contributed by atoms with Crippen LogP contribution in [0.5, 0.6) is 23.0 Å². The number of rotatable bonds is 10. The Hall–Kier alpha value is -8.73.